The van der Waals surface area contributed by atoms with Gasteiger partial charge in [0.05, 0.1) is 12.2 Å². The maximum atomic E-state index is 11.5. The van der Waals surface area contributed by atoms with Gasteiger partial charge in [-0.3, -0.25) is 9.98 Å². The Hall–Kier alpha value is -2.31. The molecule has 3 N–H and O–H groups in total. The van der Waals surface area contributed by atoms with E-state index in [4.69, 9.17) is 4.74 Å². The van der Waals surface area contributed by atoms with Gasteiger partial charge in [-0.25, -0.2) is 4.79 Å². The fraction of sp³-hybridized carbons (Fsp3) is 0.562. The Balaban J connectivity index is 2.27. The largest absolute Gasteiger partial charge is 0.444 e. The minimum absolute atomic E-state index is 0.425. The first-order valence-corrected chi connectivity index (χ1v) is 7.63. The van der Waals surface area contributed by atoms with E-state index in [1.54, 1.807) is 13.2 Å². The molecule has 0 unspecified atom stereocenters. The fourth-order valence-corrected chi connectivity index (χ4v) is 1.75. The SMILES string of the molecule is CN=C(NCCNC(=O)OC(C)(C)C)NCc1ncccc1C. The molecular weight excluding hydrogens is 294 g/mol. The number of aromatic nitrogens is 1. The third kappa shape index (κ3) is 8.04. The van der Waals surface area contributed by atoms with Crippen molar-refractivity contribution in [3.05, 3.63) is 29.6 Å². The van der Waals surface area contributed by atoms with Gasteiger partial charge in [0.2, 0.25) is 0 Å². The predicted molar refractivity (Wildman–Crippen MR) is 91.4 cm³/mol. The molecule has 7 nitrogen and oxygen atoms in total. The summed E-state index contributed by atoms with van der Waals surface area (Å²) in [6, 6.07) is 3.93. The van der Waals surface area contributed by atoms with Crippen LogP contribution in [0.4, 0.5) is 4.79 Å². The highest BCUT2D eigenvalue weighted by Gasteiger charge is 2.15. The molecule has 1 rings (SSSR count). The second-order valence-corrected chi connectivity index (χ2v) is 6.05. The molecule has 0 aromatic carbocycles. The molecular formula is C16H27N5O2. The van der Waals surface area contributed by atoms with Crippen molar-refractivity contribution in [1.29, 1.82) is 0 Å². The molecule has 0 saturated heterocycles. The van der Waals surface area contributed by atoms with Crippen LogP contribution in [0.5, 0.6) is 0 Å². The van der Waals surface area contributed by atoms with E-state index in [0.29, 0.717) is 25.6 Å². The van der Waals surface area contributed by atoms with Crippen molar-refractivity contribution >= 4 is 12.1 Å². The van der Waals surface area contributed by atoms with Crippen LogP contribution in [0, 0.1) is 6.92 Å². The highest BCUT2D eigenvalue weighted by molar-refractivity contribution is 5.79. The van der Waals surface area contributed by atoms with Crippen LogP contribution in [0.2, 0.25) is 0 Å². The summed E-state index contributed by atoms with van der Waals surface area (Å²) in [6.07, 6.45) is 1.34. The summed E-state index contributed by atoms with van der Waals surface area (Å²) < 4.78 is 5.16. The first-order chi connectivity index (χ1) is 10.8. The van der Waals surface area contributed by atoms with E-state index >= 15 is 0 Å². The number of guanidine groups is 1. The third-order valence-electron chi connectivity index (χ3n) is 2.85. The van der Waals surface area contributed by atoms with E-state index in [1.807, 2.05) is 39.8 Å². The molecule has 0 bridgehead atoms. The molecule has 0 fully saturated rings. The van der Waals surface area contributed by atoms with Crippen LogP contribution in [-0.2, 0) is 11.3 Å². The first kappa shape index (κ1) is 18.7. The van der Waals surface area contributed by atoms with Crippen molar-refractivity contribution < 1.29 is 9.53 Å². The van der Waals surface area contributed by atoms with Crippen molar-refractivity contribution in [2.45, 2.75) is 39.8 Å². The van der Waals surface area contributed by atoms with Crippen molar-refractivity contribution in [3.63, 3.8) is 0 Å². The molecule has 0 aliphatic heterocycles. The summed E-state index contributed by atoms with van der Waals surface area (Å²) in [5, 5.41) is 8.99. The number of hydrogen-bond donors (Lipinski definition) is 3. The van der Waals surface area contributed by atoms with Gasteiger partial charge in [-0.1, -0.05) is 6.07 Å². The monoisotopic (exact) mass is 321 g/mol. The second-order valence-electron chi connectivity index (χ2n) is 6.05. The van der Waals surface area contributed by atoms with Gasteiger partial charge in [0.25, 0.3) is 0 Å². The van der Waals surface area contributed by atoms with E-state index in [1.165, 1.54) is 0 Å². The number of carbonyl (C=O) groups excluding carboxylic acids is 1. The van der Waals surface area contributed by atoms with Crippen LogP contribution in [0.25, 0.3) is 0 Å². The Labute approximate surface area is 137 Å². The van der Waals surface area contributed by atoms with Gasteiger partial charge in [-0.2, -0.15) is 0 Å². The number of alkyl carbamates (subject to hydrolysis) is 1. The minimum atomic E-state index is -0.490. The Morgan fingerprint density at radius 2 is 1.96 bits per heavy atom. The molecule has 0 spiro atoms. The maximum absolute atomic E-state index is 11.5. The molecule has 23 heavy (non-hydrogen) atoms. The number of nitrogens with one attached hydrogen (secondary N) is 3. The lowest BCUT2D eigenvalue weighted by molar-refractivity contribution is 0.0529. The number of aryl methyl sites for hydroxylation is 1. The number of hydrogen-bond acceptors (Lipinski definition) is 4. The summed E-state index contributed by atoms with van der Waals surface area (Å²) in [5.41, 5.74) is 1.61. The summed E-state index contributed by atoms with van der Waals surface area (Å²) in [6.45, 7) is 9.08. The predicted octanol–water partition coefficient (Wildman–Crippen LogP) is 1.58. The van der Waals surface area contributed by atoms with Gasteiger partial charge in [-0.15, -0.1) is 0 Å². The van der Waals surface area contributed by atoms with E-state index in [2.05, 4.69) is 25.9 Å². The standard InChI is InChI=1S/C16H27N5O2/c1-12-7-6-8-18-13(12)11-21-14(17-5)19-9-10-20-15(22)23-16(2,3)4/h6-8H,9-11H2,1-5H3,(H,20,22)(H2,17,19,21). The van der Waals surface area contributed by atoms with Gasteiger partial charge in [0.15, 0.2) is 5.96 Å². The van der Waals surface area contributed by atoms with Crippen molar-refractivity contribution in [2.24, 2.45) is 4.99 Å². The smallest absolute Gasteiger partial charge is 0.407 e. The zero-order valence-electron chi connectivity index (χ0n) is 14.6. The van der Waals surface area contributed by atoms with Gasteiger partial charge < -0.3 is 20.7 Å². The highest BCUT2D eigenvalue weighted by Crippen LogP contribution is 2.06. The molecule has 1 heterocycles. The second kappa shape index (κ2) is 8.97. The Kier molecular flexibility index (Phi) is 7.31. The van der Waals surface area contributed by atoms with Crippen molar-refractivity contribution in [1.82, 2.24) is 20.9 Å². The zero-order chi connectivity index (χ0) is 17.3. The van der Waals surface area contributed by atoms with E-state index < -0.39 is 11.7 Å². The maximum Gasteiger partial charge on any atom is 0.407 e. The van der Waals surface area contributed by atoms with Crippen molar-refractivity contribution in [2.75, 3.05) is 20.1 Å². The molecule has 128 valence electrons. The molecule has 1 aromatic rings. The van der Waals surface area contributed by atoms with E-state index in [9.17, 15) is 4.79 Å². The average molecular weight is 321 g/mol. The molecule has 0 saturated carbocycles. The van der Waals surface area contributed by atoms with E-state index in [-0.39, 0.29) is 0 Å². The topological polar surface area (TPSA) is 87.6 Å². The van der Waals surface area contributed by atoms with Crippen LogP contribution in [0.15, 0.2) is 23.3 Å². The van der Waals surface area contributed by atoms with Crippen LogP contribution < -0.4 is 16.0 Å². The van der Waals surface area contributed by atoms with Gasteiger partial charge in [0.1, 0.15) is 5.60 Å². The lowest BCUT2D eigenvalue weighted by Crippen LogP contribution is -2.42. The summed E-state index contributed by atoms with van der Waals surface area (Å²) >= 11 is 0. The lowest BCUT2D eigenvalue weighted by Gasteiger charge is -2.20. The van der Waals surface area contributed by atoms with E-state index in [0.717, 1.165) is 11.3 Å². The number of nitrogens with zero attached hydrogens (tertiary/aromatic N) is 2. The fourth-order valence-electron chi connectivity index (χ4n) is 1.75. The Morgan fingerprint density at radius 1 is 1.26 bits per heavy atom. The molecule has 0 atom stereocenters. The Morgan fingerprint density at radius 3 is 2.57 bits per heavy atom. The van der Waals surface area contributed by atoms with Gasteiger partial charge in [0, 0.05) is 26.3 Å². The molecule has 0 aliphatic carbocycles. The lowest BCUT2D eigenvalue weighted by atomic mass is 10.2. The molecule has 1 aromatic heterocycles. The van der Waals surface area contributed by atoms with Crippen molar-refractivity contribution in [3.8, 4) is 0 Å². The van der Waals surface area contributed by atoms with Gasteiger partial charge >= 0.3 is 6.09 Å². The molecule has 1 amide bonds. The highest BCUT2D eigenvalue weighted by atomic mass is 16.6. The molecule has 0 radical (unpaired) electrons. The minimum Gasteiger partial charge on any atom is -0.444 e. The zero-order valence-corrected chi connectivity index (χ0v) is 14.6. The van der Waals surface area contributed by atoms with Crippen LogP contribution in [0.1, 0.15) is 32.0 Å². The summed E-state index contributed by atoms with van der Waals surface area (Å²) in [4.78, 5) is 20.0. The quantitative estimate of drug-likeness (QED) is 0.435. The van der Waals surface area contributed by atoms with Gasteiger partial charge in [-0.05, 0) is 39.3 Å². The first-order valence-electron chi connectivity index (χ1n) is 7.63. The number of pyridine rings is 1. The van der Waals surface area contributed by atoms with Crippen LogP contribution >= 0.6 is 0 Å². The normalized spacial score (nSPS) is 11.8. The number of carbonyl (C=O) groups is 1. The van der Waals surface area contributed by atoms with Crippen LogP contribution in [0.3, 0.4) is 0 Å². The molecule has 7 heteroatoms. The Bertz CT molecular complexity index is 538. The number of aliphatic imine (C=N–C) groups is 1. The average Bonchev–Trinajstić information content (AvgIpc) is 2.46. The number of amides is 1. The molecule has 0 aliphatic rings. The number of rotatable bonds is 5. The third-order valence-corrected chi connectivity index (χ3v) is 2.85. The van der Waals surface area contributed by atoms with Crippen LogP contribution in [-0.4, -0.2) is 42.8 Å². The summed E-state index contributed by atoms with van der Waals surface area (Å²) in [7, 11) is 1.70. The number of ether oxygens (including phenoxy) is 1. The summed E-state index contributed by atoms with van der Waals surface area (Å²) in [5.74, 6) is 0.654.